The highest BCUT2D eigenvalue weighted by Crippen LogP contribution is 2.33. The number of amides is 1. The molecule has 0 aromatic carbocycles. The highest BCUT2D eigenvalue weighted by molar-refractivity contribution is 7.93. The van der Waals surface area contributed by atoms with Crippen LogP contribution in [-0.4, -0.2) is 20.9 Å². The van der Waals surface area contributed by atoms with E-state index in [1.807, 2.05) is 25.3 Å². The Morgan fingerprint density at radius 1 is 1.18 bits per heavy atom. The van der Waals surface area contributed by atoms with E-state index >= 15 is 0 Å². The summed E-state index contributed by atoms with van der Waals surface area (Å²) in [5.74, 6) is 0.132. The molecule has 7 heteroatoms. The summed E-state index contributed by atoms with van der Waals surface area (Å²) in [6.45, 7) is 4.02. The average molecular weight is 358 g/mol. The molecule has 0 aliphatic heterocycles. The molecule has 2 rings (SSSR count). The second-order valence-electron chi connectivity index (χ2n) is 5.38. The van der Waals surface area contributed by atoms with E-state index < -0.39 is 15.1 Å². The van der Waals surface area contributed by atoms with Crippen LogP contribution in [0, 0.1) is 5.92 Å². The Labute approximate surface area is 139 Å². The van der Waals surface area contributed by atoms with Crippen molar-refractivity contribution in [3.05, 3.63) is 39.9 Å². The summed E-state index contributed by atoms with van der Waals surface area (Å²) in [7, 11) is -3.49. The van der Waals surface area contributed by atoms with Crippen molar-refractivity contribution in [1.82, 2.24) is 5.32 Å². The number of nitrogens with one attached hydrogen (secondary N) is 1. The maximum atomic E-state index is 12.8. The minimum atomic E-state index is -3.49. The van der Waals surface area contributed by atoms with E-state index in [1.165, 1.54) is 22.7 Å². The standard InChI is InChI=1S/C15H19NO3S3/c1-11(2)9-14(17)16-10-13(12-5-3-7-20-12)22(18,19)15-6-4-8-21-15/h3-8,11,13H,9-10H2,1-2H3,(H,16,17)/t13-/m0/s1. The molecule has 0 aliphatic rings. The minimum Gasteiger partial charge on any atom is -0.354 e. The number of thiophene rings is 2. The summed E-state index contributed by atoms with van der Waals surface area (Å²) in [5, 5.41) is 5.62. The molecule has 2 aromatic heterocycles. The van der Waals surface area contributed by atoms with Crippen molar-refractivity contribution in [2.75, 3.05) is 6.54 Å². The van der Waals surface area contributed by atoms with Gasteiger partial charge in [0, 0.05) is 17.8 Å². The van der Waals surface area contributed by atoms with Gasteiger partial charge < -0.3 is 5.32 Å². The zero-order valence-electron chi connectivity index (χ0n) is 12.5. The lowest BCUT2D eigenvalue weighted by atomic mass is 10.1. The molecule has 120 valence electrons. The Hall–Kier alpha value is -1.18. The van der Waals surface area contributed by atoms with Gasteiger partial charge in [0.2, 0.25) is 5.91 Å². The number of carbonyl (C=O) groups is 1. The molecule has 4 nitrogen and oxygen atoms in total. The fourth-order valence-corrected chi connectivity index (χ4v) is 6.04. The predicted molar refractivity (Wildman–Crippen MR) is 91.0 cm³/mol. The van der Waals surface area contributed by atoms with Gasteiger partial charge in [0.25, 0.3) is 0 Å². The van der Waals surface area contributed by atoms with Gasteiger partial charge in [0.05, 0.1) is 0 Å². The molecule has 2 heterocycles. The number of rotatable bonds is 7. The van der Waals surface area contributed by atoms with Gasteiger partial charge in [0.15, 0.2) is 9.84 Å². The van der Waals surface area contributed by atoms with E-state index in [0.29, 0.717) is 10.6 Å². The monoisotopic (exact) mass is 357 g/mol. The van der Waals surface area contributed by atoms with Gasteiger partial charge in [-0.3, -0.25) is 4.79 Å². The molecule has 1 N–H and O–H groups in total. The molecular weight excluding hydrogens is 338 g/mol. The maximum Gasteiger partial charge on any atom is 0.220 e. The second-order valence-corrected chi connectivity index (χ2v) is 9.67. The van der Waals surface area contributed by atoms with E-state index in [1.54, 1.807) is 23.6 Å². The maximum absolute atomic E-state index is 12.8. The molecule has 0 saturated heterocycles. The lowest BCUT2D eigenvalue weighted by molar-refractivity contribution is -0.121. The van der Waals surface area contributed by atoms with E-state index in [4.69, 9.17) is 0 Å². The summed E-state index contributed by atoms with van der Waals surface area (Å²) in [6, 6.07) is 6.96. The number of sulfone groups is 1. The molecule has 0 radical (unpaired) electrons. The van der Waals surface area contributed by atoms with Gasteiger partial charge in [0.1, 0.15) is 9.46 Å². The fourth-order valence-electron chi connectivity index (χ4n) is 2.05. The van der Waals surface area contributed by atoms with Crippen molar-refractivity contribution in [2.45, 2.75) is 29.7 Å². The quantitative estimate of drug-likeness (QED) is 0.825. The van der Waals surface area contributed by atoms with Crippen LogP contribution in [0.15, 0.2) is 39.2 Å². The zero-order chi connectivity index (χ0) is 16.2. The number of hydrogen-bond acceptors (Lipinski definition) is 5. The van der Waals surface area contributed by atoms with Gasteiger partial charge in [-0.25, -0.2) is 8.42 Å². The first kappa shape index (κ1) is 17.2. The van der Waals surface area contributed by atoms with Crippen LogP contribution in [-0.2, 0) is 14.6 Å². The first-order chi connectivity index (χ1) is 10.4. The van der Waals surface area contributed by atoms with Gasteiger partial charge in [-0.05, 0) is 28.8 Å². The Kier molecular flexibility index (Phi) is 5.77. The van der Waals surface area contributed by atoms with Crippen LogP contribution in [0.4, 0.5) is 0 Å². The van der Waals surface area contributed by atoms with Crippen LogP contribution in [0.1, 0.15) is 30.4 Å². The molecule has 1 amide bonds. The molecule has 0 fully saturated rings. The Balaban J connectivity index is 2.20. The van der Waals surface area contributed by atoms with Crippen LogP contribution in [0.2, 0.25) is 0 Å². The van der Waals surface area contributed by atoms with Gasteiger partial charge in [-0.1, -0.05) is 26.0 Å². The molecule has 0 bridgehead atoms. The van der Waals surface area contributed by atoms with E-state index in [-0.39, 0.29) is 18.4 Å². The highest BCUT2D eigenvalue weighted by Gasteiger charge is 2.31. The molecule has 0 aliphatic carbocycles. The topological polar surface area (TPSA) is 63.2 Å². The number of hydrogen-bond donors (Lipinski definition) is 1. The number of carbonyl (C=O) groups excluding carboxylic acids is 1. The summed E-state index contributed by atoms with van der Waals surface area (Å²) < 4.78 is 25.9. The van der Waals surface area contributed by atoms with Crippen LogP contribution >= 0.6 is 22.7 Å². The molecule has 22 heavy (non-hydrogen) atoms. The van der Waals surface area contributed by atoms with Crippen molar-refractivity contribution in [2.24, 2.45) is 5.92 Å². The third-order valence-electron chi connectivity index (χ3n) is 3.09. The van der Waals surface area contributed by atoms with Crippen molar-refractivity contribution >= 4 is 38.4 Å². The van der Waals surface area contributed by atoms with Gasteiger partial charge in [-0.2, -0.15) is 0 Å². The first-order valence-electron chi connectivity index (χ1n) is 6.98. The molecular formula is C15H19NO3S3. The van der Waals surface area contributed by atoms with Crippen molar-refractivity contribution in [1.29, 1.82) is 0 Å². The zero-order valence-corrected chi connectivity index (χ0v) is 14.9. The third kappa shape index (κ3) is 4.18. The summed E-state index contributed by atoms with van der Waals surface area (Å²) in [4.78, 5) is 12.6. The second kappa shape index (κ2) is 7.39. The van der Waals surface area contributed by atoms with Crippen LogP contribution in [0.5, 0.6) is 0 Å². The Morgan fingerprint density at radius 2 is 1.86 bits per heavy atom. The third-order valence-corrected chi connectivity index (χ3v) is 7.74. The Morgan fingerprint density at radius 3 is 2.41 bits per heavy atom. The summed E-state index contributed by atoms with van der Waals surface area (Å²) in [5.41, 5.74) is 0. The lowest BCUT2D eigenvalue weighted by Crippen LogP contribution is -2.32. The smallest absolute Gasteiger partial charge is 0.220 e. The van der Waals surface area contributed by atoms with Crippen LogP contribution in [0.25, 0.3) is 0 Å². The summed E-state index contributed by atoms with van der Waals surface area (Å²) in [6.07, 6.45) is 0.399. The van der Waals surface area contributed by atoms with Gasteiger partial charge in [-0.15, -0.1) is 22.7 Å². The molecule has 0 unspecified atom stereocenters. The normalized spacial score (nSPS) is 13.2. The minimum absolute atomic E-state index is 0.103. The molecule has 2 aromatic rings. The highest BCUT2D eigenvalue weighted by atomic mass is 32.2. The predicted octanol–water partition coefficient (Wildman–Crippen LogP) is 3.49. The van der Waals surface area contributed by atoms with Crippen molar-refractivity contribution < 1.29 is 13.2 Å². The lowest BCUT2D eigenvalue weighted by Gasteiger charge is -2.17. The summed E-state index contributed by atoms with van der Waals surface area (Å²) >= 11 is 2.60. The first-order valence-corrected chi connectivity index (χ1v) is 10.3. The van der Waals surface area contributed by atoms with E-state index in [9.17, 15) is 13.2 Å². The van der Waals surface area contributed by atoms with E-state index in [0.717, 1.165) is 4.88 Å². The van der Waals surface area contributed by atoms with E-state index in [2.05, 4.69) is 5.32 Å². The Bertz CT molecular complexity index is 688. The SMILES string of the molecule is CC(C)CC(=O)NC[C@@H](c1cccs1)S(=O)(=O)c1cccs1. The van der Waals surface area contributed by atoms with Gasteiger partial charge >= 0.3 is 0 Å². The van der Waals surface area contributed by atoms with Crippen LogP contribution < -0.4 is 5.32 Å². The molecule has 0 spiro atoms. The molecule has 0 saturated carbocycles. The molecule has 1 atom stereocenters. The van der Waals surface area contributed by atoms with Crippen LogP contribution in [0.3, 0.4) is 0 Å². The average Bonchev–Trinajstić information content (AvgIpc) is 3.11. The van der Waals surface area contributed by atoms with Crippen molar-refractivity contribution in [3.63, 3.8) is 0 Å². The fraction of sp³-hybridized carbons (Fsp3) is 0.400. The largest absolute Gasteiger partial charge is 0.354 e. The van der Waals surface area contributed by atoms with Crippen molar-refractivity contribution in [3.8, 4) is 0 Å².